The van der Waals surface area contributed by atoms with Gasteiger partial charge in [-0.05, 0) is 62.7 Å². The van der Waals surface area contributed by atoms with E-state index in [4.69, 9.17) is 4.74 Å². The average molecular weight is 318 g/mol. The van der Waals surface area contributed by atoms with E-state index in [0.29, 0.717) is 17.3 Å². The smallest absolute Gasteiger partial charge is 0.315 e. The lowest BCUT2D eigenvalue weighted by atomic mass is 9.55. The molecule has 2 heterocycles. The zero-order valence-electron chi connectivity index (χ0n) is 14.6. The lowest BCUT2D eigenvalue weighted by Gasteiger charge is -2.50. The van der Waals surface area contributed by atoms with Crippen LogP contribution in [0.5, 0.6) is 0 Å². The fourth-order valence-corrected chi connectivity index (χ4v) is 6.06. The molecule has 0 aromatic rings. The normalized spacial score (nSPS) is 44.6. The monoisotopic (exact) mass is 318 g/mol. The highest BCUT2D eigenvalue weighted by molar-refractivity contribution is 5.75. The van der Waals surface area contributed by atoms with Gasteiger partial charge in [0.05, 0.1) is 19.6 Å². The first kappa shape index (κ1) is 15.7. The third kappa shape index (κ3) is 2.75. The van der Waals surface area contributed by atoms with Gasteiger partial charge in [-0.25, -0.2) is 0 Å². The molecule has 0 unspecified atom stereocenters. The van der Waals surface area contributed by atoms with E-state index in [-0.39, 0.29) is 18.0 Å². The summed E-state index contributed by atoms with van der Waals surface area (Å²) in [5, 5.41) is 0. The van der Waals surface area contributed by atoms with Crippen molar-refractivity contribution in [3.63, 3.8) is 0 Å². The standard InChI is InChI=1S/C20H31NO2/c1-14-7-6-8-20(2)12-18-15(11-17(14)20)16(19(22)23-18)13-21-9-4-3-5-10-21/h15-18H,1,3-13H2,2H3/p+1/t15-,16+,17+,18+,20-/m1/s1. The van der Waals surface area contributed by atoms with Crippen LogP contribution < -0.4 is 4.90 Å². The van der Waals surface area contributed by atoms with E-state index in [1.54, 1.807) is 4.90 Å². The minimum Gasteiger partial charge on any atom is -0.462 e. The number of esters is 1. The zero-order valence-corrected chi connectivity index (χ0v) is 14.6. The molecule has 2 aliphatic carbocycles. The van der Waals surface area contributed by atoms with Gasteiger partial charge in [-0.2, -0.15) is 0 Å². The Morgan fingerprint density at radius 3 is 2.83 bits per heavy atom. The molecule has 5 atom stereocenters. The van der Waals surface area contributed by atoms with Crippen molar-refractivity contribution < 1.29 is 14.4 Å². The summed E-state index contributed by atoms with van der Waals surface area (Å²) < 4.78 is 5.89. The second-order valence-corrected chi connectivity index (χ2v) is 8.92. The Morgan fingerprint density at radius 1 is 1.26 bits per heavy atom. The second kappa shape index (κ2) is 5.91. The molecule has 0 radical (unpaired) electrons. The third-order valence-corrected chi connectivity index (χ3v) is 7.39. The largest absolute Gasteiger partial charge is 0.462 e. The van der Waals surface area contributed by atoms with Crippen LogP contribution in [0.1, 0.15) is 58.3 Å². The molecule has 3 heteroatoms. The average Bonchev–Trinajstić information content (AvgIpc) is 2.81. The lowest BCUT2D eigenvalue weighted by molar-refractivity contribution is -0.907. The van der Waals surface area contributed by atoms with E-state index in [2.05, 4.69) is 13.5 Å². The van der Waals surface area contributed by atoms with Crippen molar-refractivity contribution in [3.05, 3.63) is 12.2 Å². The van der Waals surface area contributed by atoms with Crippen molar-refractivity contribution in [1.82, 2.24) is 0 Å². The van der Waals surface area contributed by atoms with E-state index in [1.807, 2.05) is 0 Å². The predicted octanol–water partition coefficient (Wildman–Crippen LogP) is 2.37. The molecule has 2 aliphatic heterocycles. The minimum absolute atomic E-state index is 0.103. The number of fused-ring (bicyclic) bond motifs is 2. The van der Waals surface area contributed by atoms with E-state index in [9.17, 15) is 4.79 Å². The van der Waals surface area contributed by atoms with Crippen LogP contribution in [0.2, 0.25) is 0 Å². The first-order chi connectivity index (χ1) is 11.1. The van der Waals surface area contributed by atoms with Gasteiger partial charge in [-0.1, -0.05) is 19.1 Å². The number of hydrogen-bond donors (Lipinski definition) is 1. The SMILES string of the molecule is C=C1CCC[C@]2(C)C[C@@H]3OC(=O)[C@@H](C[NH+]4CCCCC4)[C@H]3C[C@@H]12. The van der Waals surface area contributed by atoms with Gasteiger partial charge in [0.15, 0.2) is 0 Å². The minimum atomic E-state index is 0.103. The Kier molecular flexibility index (Phi) is 4.03. The number of carbonyl (C=O) groups is 1. The molecule has 0 amide bonds. The molecule has 0 aromatic heterocycles. The Labute approximate surface area is 140 Å². The molecule has 128 valence electrons. The van der Waals surface area contributed by atoms with Crippen molar-refractivity contribution in [2.24, 2.45) is 23.2 Å². The maximum Gasteiger partial charge on any atom is 0.315 e. The molecule has 1 N–H and O–H groups in total. The van der Waals surface area contributed by atoms with Crippen LogP contribution in [0.3, 0.4) is 0 Å². The fraction of sp³-hybridized carbons (Fsp3) is 0.850. The van der Waals surface area contributed by atoms with E-state index in [0.717, 1.165) is 19.4 Å². The first-order valence-corrected chi connectivity index (χ1v) is 9.78. The van der Waals surface area contributed by atoms with Gasteiger partial charge in [0.1, 0.15) is 12.0 Å². The summed E-state index contributed by atoms with van der Waals surface area (Å²) in [6.45, 7) is 10.3. The highest BCUT2D eigenvalue weighted by Gasteiger charge is 2.55. The topological polar surface area (TPSA) is 30.7 Å². The summed E-state index contributed by atoms with van der Waals surface area (Å²) in [5.41, 5.74) is 1.77. The van der Waals surface area contributed by atoms with Crippen LogP contribution in [-0.4, -0.2) is 31.7 Å². The molecular formula is C20H32NO2+. The lowest BCUT2D eigenvalue weighted by Crippen LogP contribution is -3.13. The number of carbonyl (C=O) groups excluding carboxylic acids is 1. The van der Waals surface area contributed by atoms with E-state index in [1.165, 1.54) is 57.2 Å². The van der Waals surface area contributed by atoms with Gasteiger partial charge in [-0.3, -0.25) is 4.79 Å². The Morgan fingerprint density at radius 2 is 2.04 bits per heavy atom. The summed E-state index contributed by atoms with van der Waals surface area (Å²) in [6, 6.07) is 0. The molecular weight excluding hydrogens is 286 g/mol. The van der Waals surface area contributed by atoms with Crippen molar-refractivity contribution in [2.45, 2.75) is 64.4 Å². The quantitative estimate of drug-likeness (QED) is 0.626. The van der Waals surface area contributed by atoms with E-state index < -0.39 is 0 Å². The van der Waals surface area contributed by atoms with Crippen LogP contribution in [0.15, 0.2) is 12.2 Å². The molecule has 0 aromatic carbocycles. The van der Waals surface area contributed by atoms with Crippen LogP contribution in [0.4, 0.5) is 0 Å². The molecule has 4 rings (SSSR count). The van der Waals surface area contributed by atoms with Gasteiger partial charge in [0, 0.05) is 5.92 Å². The molecule has 4 aliphatic rings. The van der Waals surface area contributed by atoms with Gasteiger partial charge >= 0.3 is 5.97 Å². The Balaban J connectivity index is 1.50. The summed E-state index contributed by atoms with van der Waals surface area (Å²) in [7, 11) is 0. The van der Waals surface area contributed by atoms with Crippen molar-refractivity contribution in [2.75, 3.05) is 19.6 Å². The first-order valence-electron chi connectivity index (χ1n) is 9.78. The van der Waals surface area contributed by atoms with Gasteiger partial charge in [-0.15, -0.1) is 0 Å². The number of likely N-dealkylation sites (tertiary alicyclic amines) is 1. The summed E-state index contributed by atoms with van der Waals surface area (Å²) in [6.07, 6.45) is 10.1. The molecule has 4 fully saturated rings. The van der Waals surface area contributed by atoms with Crippen molar-refractivity contribution in [3.8, 4) is 0 Å². The summed E-state index contributed by atoms with van der Waals surface area (Å²) in [5.74, 6) is 1.31. The number of piperidine rings is 1. The third-order valence-electron chi connectivity index (χ3n) is 7.39. The maximum atomic E-state index is 12.5. The molecule has 2 saturated carbocycles. The number of rotatable bonds is 2. The molecule has 0 bridgehead atoms. The predicted molar refractivity (Wildman–Crippen MR) is 90.1 cm³/mol. The fourth-order valence-electron chi connectivity index (χ4n) is 6.06. The van der Waals surface area contributed by atoms with Crippen molar-refractivity contribution >= 4 is 5.97 Å². The van der Waals surface area contributed by atoms with Gasteiger partial charge in [0.25, 0.3) is 0 Å². The summed E-state index contributed by atoms with van der Waals surface area (Å²) in [4.78, 5) is 14.2. The number of allylic oxidation sites excluding steroid dienone is 1. The van der Waals surface area contributed by atoms with Gasteiger partial charge < -0.3 is 9.64 Å². The summed E-state index contributed by atoms with van der Waals surface area (Å²) >= 11 is 0. The molecule has 3 nitrogen and oxygen atoms in total. The second-order valence-electron chi connectivity index (χ2n) is 8.92. The highest BCUT2D eigenvalue weighted by atomic mass is 16.6. The van der Waals surface area contributed by atoms with Crippen LogP contribution in [0, 0.1) is 23.2 Å². The van der Waals surface area contributed by atoms with E-state index >= 15 is 0 Å². The van der Waals surface area contributed by atoms with Gasteiger partial charge in [0.2, 0.25) is 0 Å². The molecule has 23 heavy (non-hydrogen) atoms. The van der Waals surface area contributed by atoms with Crippen LogP contribution in [0.25, 0.3) is 0 Å². The van der Waals surface area contributed by atoms with Crippen molar-refractivity contribution in [1.29, 1.82) is 0 Å². The highest BCUT2D eigenvalue weighted by Crippen LogP contribution is 2.56. The zero-order chi connectivity index (χ0) is 16.0. The number of ether oxygens (including phenoxy) is 1. The van der Waals surface area contributed by atoms with Crippen LogP contribution >= 0.6 is 0 Å². The molecule has 0 spiro atoms. The Bertz CT molecular complexity index is 496. The number of hydrogen-bond acceptors (Lipinski definition) is 2. The van der Waals surface area contributed by atoms with Crippen LogP contribution in [-0.2, 0) is 9.53 Å². The number of quaternary nitrogens is 1. The number of nitrogens with one attached hydrogen (secondary N) is 1. The molecule has 2 saturated heterocycles. The maximum absolute atomic E-state index is 12.5. The Hall–Kier alpha value is -0.830.